The van der Waals surface area contributed by atoms with Gasteiger partial charge in [-0.05, 0) is 20.3 Å². The Morgan fingerprint density at radius 2 is 2.28 bits per heavy atom. The highest BCUT2D eigenvalue weighted by Gasteiger charge is 2.26. The summed E-state index contributed by atoms with van der Waals surface area (Å²) < 4.78 is 0. The maximum absolute atomic E-state index is 4.38. The topological polar surface area (TPSA) is 53.1 Å². The van der Waals surface area contributed by atoms with E-state index in [1.54, 1.807) is 6.33 Å². The van der Waals surface area contributed by atoms with Gasteiger partial charge in [0.05, 0.1) is 0 Å². The van der Waals surface area contributed by atoms with Gasteiger partial charge >= 0.3 is 0 Å². The molecule has 0 bridgehead atoms. The van der Waals surface area contributed by atoms with Crippen LogP contribution in [0.25, 0.3) is 0 Å². The molecule has 2 heterocycles. The van der Waals surface area contributed by atoms with Crippen LogP contribution in [0.4, 0.5) is 11.6 Å². The summed E-state index contributed by atoms with van der Waals surface area (Å²) in [5, 5.41) is 6.81. The van der Waals surface area contributed by atoms with Crippen LogP contribution in [0.15, 0.2) is 12.4 Å². The maximum atomic E-state index is 4.38. The van der Waals surface area contributed by atoms with Crippen molar-refractivity contribution in [3.63, 3.8) is 0 Å². The van der Waals surface area contributed by atoms with Crippen LogP contribution in [0, 0.1) is 0 Å². The highest BCUT2D eigenvalue weighted by Crippen LogP contribution is 2.19. The van der Waals surface area contributed by atoms with E-state index in [1.165, 1.54) is 0 Å². The first-order valence-corrected chi connectivity index (χ1v) is 6.66. The highest BCUT2D eigenvalue weighted by atomic mass is 15.3. The Morgan fingerprint density at radius 1 is 1.44 bits per heavy atom. The first-order valence-electron chi connectivity index (χ1n) is 6.66. The van der Waals surface area contributed by atoms with E-state index in [0.29, 0.717) is 0 Å². The smallest absolute Gasteiger partial charge is 0.134 e. The molecule has 18 heavy (non-hydrogen) atoms. The Balaban J connectivity index is 2.07. The van der Waals surface area contributed by atoms with Crippen LogP contribution in [0.5, 0.6) is 0 Å². The van der Waals surface area contributed by atoms with Crippen LogP contribution in [0.3, 0.4) is 0 Å². The Kier molecular flexibility index (Phi) is 4.01. The van der Waals surface area contributed by atoms with Crippen molar-refractivity contribution in [1.29, 1.82) is 0 Å². The van der Waals surface area contributed by atoms with Crippen LogP contribution in [-0.4, -0.2) is 41.7 Å². The van der Waals surface area contributed by atoms with E-state index < -0.39 is 0 Å². The molecule has 1 aliphatic heterocycles. The molecule has 100 valence electrons. The summed E-state index contributed by atoms with van der Waals surface area (Å²) in [7, 11) is 0. The van der Waals surface area contributed by atoms with Gasteiger partial charge in [0.2, 0.25) is 0 Å². The Hall–Kier alpha value is -1.36. The second-order valence-electron chi connectivity index (χ2n) is 5.42. The molecule has 1 aromatic heterocycles. The zero-order valence-corrected chi connectivity index (χ0v) is 11.5. The van der Waals surface area contributed by atoms with E-state index in [-0.39, 0.29) is 5.54 Å². The van der Waals surface area contributed by atoms with Gasteiger partial charge in [0.15, 0.2) is 0 Å². The van der Waals surface area contributed by atoms with Crippen molar-refractivity contribution in [1.82, 2.24) is 15.3 Å². The predicted octanol–water partition coefficient (Wildman–Crippen LogP) is 1.49. The van der Waals surface area contributed by atoms with Crippen molar-refractivity contribution in [3.8, 4) is 0 Å². The number of aromatic nitrogens is 2. The van der Waals surface area contributed by atoms with Crippen molar-refractivity contribution >= 4 is 11.6 Å². The van der Waals surface area contributed by atoms with Crippen molar-refractivity contribution in [2.45, 2.75) is 32.7 Å². The summed E-state index contributed by atoms with van der Waals surface area (Å²) in [4.78, 5) is 10.9. The minimum Gasteiger partial charge on any atom is -0.370 e. The molecule has 0 spiro atoms. The second kappa shape index (κ2) is 5.52. The number of nitrogens with one attached hydrogen (secondary N) is 2. The van der Waals surface area contributed by atoms with Crippen molar-refractivity contribution in [3.05, 3.63) is 12.4 Å². The molecule has 0 atom stereocenters. The summed E-state index contributed by atoms with van der Waals surface area (Å²) in [6.45, 7) is 10.5. The highest BCUT2D eigenvalue weighted by molar-refractivity contribution is 5.49. The van der Waals surface area contributed by atoms with Crippen molar-refractivity contribution in [2.24, 2.45) is 0 Å². The summed E-state index contributed by atoms with van der Waals surface area (Å²) in [6.07, 6.45) is 2.74. The lowest BCUT2D eigenvalue weighted by Gasteiger charge is -2.39. The maximum Gasteiger partial charge on any atom is 0.134 e. The molecule has 2 rings (SSSR count). The van der Waals surface area contributed by atoms with Gasteiger partial charge in [-0.25, -0.2) is 9.97 Å². The molecule has 5 heteroatoms. The van der Waals surface area contributed by atoms with E-state index in [2.05, 4.69) is 46.3 Å². The van der Waals surface area contributed by atoms with Crippen LogP contribution in [0.1, 0.15) is 27.2 Å². The molecule has 0 aliphatic carbocycles. The number of hydrogen-bond donors (Lipinski definition) is 2. The molecule has 5 nitrogen and oxygen atoms in total. The fourth-order valence-electron chi connectivity index (χ4n) is 2.21. The van der Waals surface area contributed by atoms with E-state index in [1.807, 2.05) is 6.07 Å². The molecule has 0 unspecified atom stereocenters. The minimum atomic E-state index is 0.139. The molecule has 0 aromatic carbocycles. The quantitative estimate of drug-likeness (QED) is 0.846. The third-order valence-electron chi connectivity index (χ3n) is 3.10. The molecule has 0 saturated carbocycles. The van der Waals surface area contributed by atoms with Gasteiger partial charge < -0.3 is 15.5 Å². The minimum absolute atomic E-state index is 0.139. The molecule has 0 radical (unpaired) electrons. The van der Waals surface area contributed by atoms with Gasteiger partial charge in [-0.1, -0.05) is 6.92 Å². The van der Waals surface area contributed by atoms with Crippen molar-refractivity contribution in [2.75, 3.05) is 36.4 Å². The number of hydrogen-bond acceptors (Lipinski definition) is 5. The molecule has 1 aliphatic rings. The van der Waals surface area contributed by atoms with Crippen molar-refractivity contribution < 1.29 is 0 Å². The fraction of sp³-hybridized carbons (Fsp3) is 0.692. The molecule has 2 N–H and O–H groups in total. The van der Waals surface area contributed by atoms with Gasteiger partial charge in [-0.15, -0.1) is 0 Å². The average Bonchev–Trinajstić information content (AvgIpc) is 2.35. The first-order chi connectivity index (χ1) is 8.61. The number of nitrogens with zero attached hydrogens (tertiary/aromatic N) is 3. The second-order valence-corrected chi connectivity index (χ2v) is 5.42. The Labute approximate surface area is 109 Å². The zero-order valence-electron chi connectivity index (χ0n) is 11.5. The molecular formula is C13H23N5. The first kappa shape index (κ1) is 13.1. The van der Waals surface area contributed by atoms with Crippen LogP contribution < -0.4 is 15.5 Å². The lowest BCUT2D eigenvalue weighted by Crippen LogP contribution is -2.57. The molecule has 1 aromatic rings. The molecule has 1 saturated heterocycles. The third kappa shape index (κ3) is 3.32. The van der Waals surface area contributed by atoms with Crippen LogP contribution in [0.2, 0.25) is 0 Å². The monoisotopic (exact) mass is 249 g/mol. The summed E-state index contributed by atoms with van der Waals surface area (Å²) >= 11 is 0. The lowest BCUT2D eigenvalue weighted by molar-refractivity contribution is 0.351. The predicted molar refractivity (Wildman–Crippen MR) is 75.1 cm³/mol. The zero-order chi connectivity index (χ0) is 13.0. The summed E-state index contributed by atoms with van der Waals surface area (Å²) in [5.74, 6) is 1.93. The van der Waals surface area contributed by atoms with Gasteiger partial charge in [-0.2, -0.15) is 0 Å². The summed E-state index contributed by atoms with van der Waals surface area (Å²) in [6, 6.07) is 2.04. The normalized spacial score (nSPS) is 18.7. The van der Waals surface area contributed by atoms with Gasteiger partial charge in [0.1, 0.15) is 18.0 Å². The molecule has 1 fully saturated rings. The SMILES string of the molecule is CCCNc1cc(N2CCNC(C)(C)C2)ncn1. The Bertz CT molecular complexity index is 391. The van der Waals surface area contributed by atoms with Crippen LogP contribution in [-0.2, 0) is 0 Å². The third-order valence-corrected chi connectivity index (χ3v) is 3.10. The average molecular weight is 249 g/mol. The van der Waals surface area contributed by atoms with Gasteiger partial charge in [0.25, 0.3) is 0 Å². The van der Waals surface area contributed by atoms with Crippen LogP contribution >= 0.6 is 0 Å². The largest absolute Gasteiger partial charge is 0.370 e. The molecule has 0 amide bonds. The van der Waals surface area contributed by atoms with E-state index >= 15 is 0 Å². The summed E-state index contributed by atoms with van der Waals surface area (Å²) in [5.41, 5.74) is 0.139. The number of piperazine rings is 1. The van der Waals surface area contributed by atoms with E-state index in [9.17, 15) is 0 Å². The van der Waals surface area contributed by atoms with E-state index in [4.69, 9.17) is 0 Å². The van der Waals surface area contributed by atoms with E-state index in [0.717, 1.165) is 44.2 Å². The fourth-order valence-corrected chi connectivity index (χ4v) is 2.21. The van der Waals surface area contributed by atoms with Gasteiger partial charge in [-0.3, -0.25) is 0 Å². The molecular weight excluding hydrogens is 226 g/mol. The standard InChI is InChI=1S/C13H23N5/c1-4-5-14-11-8-12(16-10-15-11)18-7-6-17-13(2,3)9-18/h8,10,17H,4-7,9H2,1-3H3,(H,14,15,16). The number of anilines is 2. The van der Waals surface area contributed by atoms with Gasteiger partial charge in [0, 0.05) is 37.8 Å². The Morgan fingerprint density at radius 3 is 3.00 bits per heavy atom. The lowest BCUT2D eigenvalue weighted by atomic mass is 10.0. The number of rotatable bonds is 4.